The first kappa shape index (κ1) is 12.0. The van der Waals surface area contributed by atoms with Crippen molar-refractivity contribution in [1.29, 1.82) is 0 Å². The molecule has 90 valence electrons. The lowest BCUT2D eigenvalue weighted by atomic mass is 10.00. The minimum atomic E-state index is 0.568. The number of hydrogen-bond donors (Lipinski definition) is 1. The summed E-state index contributed by atoms with van der Waals surface area (Å²) < 4.78 is 0. The van der Waals surface area contributed by atoms with Gasteiger partial charge in [-0.2, -0.15) is 0 Å². The molecule has 0 spiro atoms. The SMILES string of the molecule is CCN1CCCCC1Cc1nc(CN)cs1. The van der Waals surface area contributed by atoms with Gasteiger partial charge in [0.1, 0.15) is 0 Å². The molecular formula is C12H21N3S. The first-order valence-electron chi connectivity index (χ1n) is 6.21. The zero-order valence-corrected chi connectivity index (χ0v) is 10.8. The van der Waals surface area contributed by atoms with E-state index in [9.17, 15) is 0 Å². The van der Waals surface area contributed by atoms with Crippen molar-refractivity contribution in [2.75, 3.05) is 13.1 Å². The molecule has 0 radical (unpaired) electrons. The minimum Gasteiger partial charge on any atom is -0.325 e. The van der Waals surface area contributed by atoms with Crippen LogP contribution < -0.4 is 5.73 Å². The van der Waals surface area contributed by atoms with Crippen molar-refractivity contribution in [3.8, 4) is 0 Å². The van der Waals surface area contributed by atoms with Crippen molar-refractivity contribution >= 4 is 11.3 Å². The molecule has 2 rings (SSSR count). The van der Waals surface area contributed by atoms with Crippen molar-refractivity contribution in [3.05, 3.63) is 16.1 Å². The van der Waals surface area contributed by atoms with Crippen LogP contribution in [0.2, 0.25) is 0 Å². The standard InChI is InChI=1S/C12H21N3S/c1-2-15-6-4-3-5-11(15)7-12-14-10(8-13)9-16-12/h9,11H,2-8,13H2,1H3. The normalized spacial score (nSPS) is 22.5. The number of nitrogens with zero attached hydrogens (tertiary/aromatic N) is 2. The summed E-state index contributed by atoms with van der Waals surface area (Å²) in [7, 11) is 0. The highest BCUT2D eigenvalue weighted by atomic mass is 32.1. The van der Waals surface area contributed by atoms with Gasteiger partial charge in [0.25, 0.3) is 0 Å². The number of piperidine rings is 1. The van der Waals surface area contributed by atoms with E-state index < -0.39 is 0 Å². The predicted molar refractivity (Wildman–Crippen MR) is 68.6 cm³/mol. The van der Waals surface area contributed by atoms with Crippen molar-refractivity contribution in [2.24, 2.45) is 5.73 Å². The first-order chi connectivity index (χ1) is 7.83. The number of likely N-dealkylation sites (N-methyl/N-ethyl adjacent to an activating group) is 1. The first-order valence-corrected chi connectivity index (χ1v) is 7.08. The summed E-state index contributed by atoms with van der Waals surface area (Å²) in [5.74, 6) is 0. The lowest BCUT2D eigenvalue weighted by Crippen LogP contribution is -2.40. The summed E-state index contributed by atoms with van der Waals surface area (Å²) in [5.41, 5.74) is 6.62. The zero-order valence-electron chi connectivity index (χ0n) is 9.98. The highest BCUT2D eigenvalue weighted by Crippen LogP contribution is 2.21. The van der Waals surface area contributed by atoms with Crippen LogP contribution in [0.5, 0.6) is 0 Å². The van der Waals surface area contributed by atoms with Crippen LogP contribution in [0, 0.1) is 0 Å². The molecule has 0 amide bonds. The Labute approximate surface area is 102 Å². The van der Waals surface area contributed by atoms with Crippen LogP contribution in [0.15, 0.2) is 5.38 Å². The van der Waals surface area contributed by atoms with Crippen molar-refractivity contribution < 1.29 is 0 Å². The van der Waals surface area contributed by atoms with Gasteiger partial charge in [0, 0.05) is 24.4 Å². The highest BCUT2D eigenvalue weighted by Gasteiger charge is 2.22. The van der Waals surface area contributed by atoms with Crippen molar-refractivity contribution in [3.63, 3.8) is 0 Å². The topological polar surface area (TPSA) is 42.2 Å². The van der Waals surface area contributed by atoms with E-state index in [2.05, 4.69) is 22.2 Å². The molecule has 2 heterocycles. The van der Waals surface area contributed by atoms with Crippen LogP contribution >= 0.6 is 11.3 Å². The van der Waals surface area contributed by atoms with Crippen LogP contribution in [0.25, 0.3) is 0 Å². The second-order valence-electron chi connectivity index (χ2n) is 4.42. The van der Waals surface area contributed by atoms with Crippen molar-refractivity contribution in [1.82, 2.24) is 9.88 Å². The van der Waals surface area contributed by atoms with Gasteiger partial charge >= 0.3 is 0 Å². The van der Waals surface area contributed by atoms with E-state index in [1.165, 1.54) is 37.4 Å². The van der Waals surface area contributed by atoms with Crippen LogP contribution in [0.1, 0.15) is 36.9 Å². The summed E-state index contributed by atoms with van der Waals surface area (Å²) in [5, 5.41) is 3.35. The Kier molecular flexibility index (Phi) is 4.32. The third-order valence-corrected chi connectivity index (χ3v) is 4.29. The number of nitrogens with two attached hydrogens (primary N) is 1. The summed E-state index contributed by atoms with van der Waals surface area (Å²) in [6.45, 7) is 5.25. The fourth-order valence-corrected chi connectivity index (χ4v) is 3.33. The second kappa shape index (κ2) is 5.75. The van der Waals surface area contributed by atoms with E-state index >= 15 is 0 Å². The fraction of sp³-hybridized carbons (Fsp3) is 0.750. The van der Waals surface area contributed by atoms with Crippen LogP contribution in [0.3, 0.4) is 0 Å². The number of rotatable bonds is 4. The Balaban J connectivity index is 1.96. The van der Waals surface area contributed by atoms with Gasteiger partial charge in [-0.1, -0.05) is 13.3 Å². The Hall–Kier alpha value is -0.450. The van der Waals surface area contributed by atoms with Gasteiger partial charge in [-0.3, -0.25) is 0 Å². The number of hydrogen-bond acceptors (Lipinski definition) is 4. The molecule has 4 heteroatoms. The molecule has 2 N–H and O–H groups in total. The number of thiazole rings is 1. The highest BCUT2D eigenvalue weighted by molar-refractivity contribution is 7.09. The van der Waals surface area contributed by atoms with E-state index in [0.717, 1.165) is 12.1 Å². The van der Waals surface area contributed by atoms with Gasteiger partial charge in [-0.25, -0.2) is 4.98 Å². The van der Waals surface area contributed by atoms with Gasteiger partial charge in [0.15, 0.2) is 0 Å². The van der Waals surface area contributed by atoms with Crippen LogP contribution in [0.4, 0.5) is 0 Å². The third kappa shape index (κ3) is 2.81. The molecule has 1 atom stereocenters. The molecule has 0 bridgehead atoms. The maximum atomic E-state index is 5.58. The minimum absolute atomic E-state index is 0.568. The smallest absolute Gasteiger partial charge is 0.0944 e. The Morgan fingerprint density at radius 1 is 1.56 bits per heavy atom. The number of aromatic nitrogens is 1. The molecule has 0 saturated carbocycles. The van der Waals surface area contributed by atoms with Crippen LogP contribution in [-0.2, 0) is 13.0 Å². The van der Waals surface area contributed by atoms with E-state index in [4.69, 9.17) is 5.73 Å². The van der Waals surface area contributed by atoms with E-state index in [1.807, 2.05) is 0 Å². The third-order valence-electron chi connectivity index (χ3n) is 3.37. The molecule has 3 nitrogen and oxygen atoms in total. The van der Waals surface area contributed by atoms with Gasteiger partial charge < -0.3 is 10.6 Å². The van der Waals surface area contributed by atoms with E-state index in [1.54, 1.807) is 11.3 Å². The fourth-order valence-electron chi connectivity index (χ4n) is 2.45. The average Bonchev–Trinajstić information content (AvgIpc) is 2.77. The second-order valence-corrected chi connectivity index (χ2v) is 5.36. The molecule has 1 aliphatic rings. The summed E-state index contributed by atoms with van der Waals surface area (Å²) in [6, 6.07) is 0.704. The maximum Gasteiger partial charge on any atom is 0.0944 e. The molecule has 16 heavy (non-hydrogen) atoms. The Morgan fingerprint density at radius 3 is 3.12 bits per heavy atom. The molecule has 1 saturated heterocycles. The monoisotopic (exact) mass is 239 g/mol. The molecular weight excluding hydrogens is 218 g/mol. The molecule has 1 unspecified atom stereocenters. The summed E-state index contributed by atoms with van der Waals surface area (Å²) in [6.07, 6.45) is 5.16. The maximum absolute atomic E-state index is 5.58. The average molecular weight is 239 g/mol. The molecule has 1 aliphatic heterocycles. The largest absolute Gasteiger partial charge is 0.325 e. The van der Waals surface area contributed by atoms with Crippen LogP contribution in [-0.4, -0.2) is 29.0 Å². The van der Waals surface area contributed by atoms with E-state index in [0.29, 0.717) is 12.6 Å². The molecule has 0 aliphatic carbocycles. The lowest BCUT2D eigenvalue weighted by molar-refractivity contribution is 0.155. The van der Waals surface area contributed by atoms with Gasteiger partial charge in [0.05, 0.1) is 10.7 Å². The molecule has 1 aromatic heterocycles. The zero-order chi connectivity index (χ0) is 11.4. The molecule has 0 aromatic carbocycles. The molecule has 1 aromatic rings. The summed E-state index contributed by atoms with van der Waals surface area (Å²) in [4.78, 5) is 7.15. The quantitative estimate of drug-likeness (QED) is 0.874. The van der Waals surface area contributed by atoms with E-state index in [-0.39, 0.29) is 0 Å². The summed E-state index contributed by atoms with van der Waals surface area (Å²) >= 11 is 1.76. The Bertz CT molecular complexity index is 324. The number of likely N-dealkylation sites (tertiary alicyclic amines) is 1. The van der Waals surface area contributed by atoms with Crippen molar-refractivity contribution in [2.45, 2.75) is 45.2 Å². The molecule has 1 fully saturated rings. The van der Waals surface area contributed by atoms with Gasteiger partial charge in [-0.05, 0) is 25.9 Å². The van der Waals surface area contributed by atoms with Gasteiger partial charge in [-0.15, -0.1) is 11.3 Å². The van der Waals surface area contributed by atoms with Gasteiger partial charge in [0.2, 0.25) is 0 Å². The Morgan fingerprint density at radius 2 is 2.44 bits per heavy atom. The predicted octanol–water partition coefficient (Wildman–Crippen LogP) is 2.02. The lowest BCUT2D eigenvalue weighted by Gasteiger charge is -2.34.